The maximum absolute atomic E-state index is 12.7. The lowest BCUT2D eigenvalue weighted by Crippen LogP contribution is -2.40. The van der Waals surface area contributed by atoms with Crippen molar-refractivity contribution in [3.8, 4) is 0 Å². The summed E-state index contributed by atoms with van der Waals surface area (Å²) in [7, 11) is 2.15. The third-order valence-corrected chi connectivity index (χ3v) is 5.92. The first-order valence-corrected chi connectivity index (χ1v) is 8.78. The molecule has 1 amide bonds. The van der Waals surface area contributed by atoms with Gasteiger partial charge in [0.25, 0.3) is 0 Å². The van der Waals surface area contributed by atoms with Crippen molar-refractivity contribution in [2.45, 2.75) is 50.9 Å². The van der Waals surface area contributed by atoms with E-state index in [1.807, 2.05) is 0 Å². The Bertz CT molecular complexity index is 498. The molecule has 0 bridgehead atoms. The molecule has 1 saturated heterocycles. The molecule has 0 radical (unpaired) electrons. The number of nitrogens with one attached hydrogen (secondary N) is 1. The van der Waals surface area contributed by atoms with Crippen LogP contribution < -0.4 is 5.32 Å². The Labute approximate surface area is 131 Å². The molecule has 0 aromatic carbocycles. The molecule has 2 atom stereocenters. The summed E-state index contributed by atoms with van der Waals surface area (Å²) in [6.45, 7) is 6.18. The highest BCUT2D eigenvalue weighted by Gasteiger charge is 2.59. The smallest absolute Gasteiger partial charge is 0.244 e. The molecule has 2 fully saturated rings. The SMILES string of the molecule is CCC(C)N(C)CCN1C(=O)C2(CC2)NC1c1cccs1. The number of amides is 1. The van der Waals surface area contributed by atoms with Crippen molar-refractivity contribution in [2.75, 3.05) is 20.1 Å². The Hall–Kier alpha value is -0.910. The minimum absolute atomic E-state index is 0.0744. The minimum atomic E-state index is -0.233. The molecule has 1 aromatic rings. The van der Waals surface area contributed by atoms with Crippen molar-refractivity contribution < 1.29 is 4.79 Å². The number of hydrogen-bond donors (Lipinski definition) is 1. The van der Waals surface area contributed by atoms with Crippen molar-refractivity contribution in [3.05, 3.63) is 22.4 Å². The zero-order chi connectivity index (χ0) is 15.0. The van der Waals surface area contributed by atoms with Crippen LogP contribution in [0.25, 0.3) is 0 Å². The first kappa shape index (κ1) is 15.0. The van der Waals surface area contributed by atoms with Gasteiger partial charge in [-0.05, 0) is 44.7 Å². The molecule has 2 heterocycles. The molecule has 1 aliphatic carbocycles. The summed E-state index contributed by atoms with van der Waals surface area (Å²) >= 11 is 1.73. The molecule has 2 unspecified atom stereocenters. The van der Waals surface area contributed by atoms with Crippen molar-refractivity contribution in [1.82, 2.24) is 15.1 Å². The molecule has 1 saturated carbocycles. The van der Waals surface area contributed by atoms with Crippen LogP contribution in [0.3, 0.4) is 0 Å². The standard InChI is InChI=1S/C16H25N3OS/c1-4-12(2)18(3)9-10-19-14(13-6-5-11-21-13)17-16(7-8-16)15(19)20/h5-6,11-12,14,17H,4,7-10H2,1-3H3. The molecule has 2 aliphatic rings. The number of carbonyl (C=O) groups excluding carboxylic acids is 1. The maximum atomic E-state index is 12.7. The van der Waals surface area contributed by atoms with Crippen molar-refractivity contribution in [1.29, 1.82) is 0 Å². The van der Waals surface area contributed by atoms with Crippen LogP contribution in [0.1, 0.15) is 44.2 Å². The van der Waals surface area contributed by atoms with Crippen LogP contribution in [-0.2, 0) is 4.79 Å². The Morgan fingerprint density at radius 1 is 1.57 bits per heavy atom. The number of carbonyl (C=O) groups is 1. The van der Waals surface area contributed by atoms with Gasteiger partial charge in [0.2, 0.25) is 5.91 Å². The largest absolute Gasteiger partial charge is 0.319 e. The lowest BCUT2D eigenvalue weighted by Gasteiger charge is -2.29. The zero-order valence-electron chi connectivity index (χ0n) is 13.1. The van der Waals surface area contributed by atoms with Crippen molar-refractivity contribution in [2.24, 2.45) is 0 Å². The van der Waals surface area contributed by atoms with Gasteiger partial charge in [-0.25, -0.2) is 0 Å². The summed E-state index contributed by atoms with van der Waals surface area (Å²) in [5.74, 6) is 0.304. The highest BCUT2D eigenvalue weighted by atomic mass is 32.1. The Kier molecular flexibility index (Phi) is 4.08. The van der Waals surface area contributed by atoms with E-state index in [-0.39, 0.29) is 11.7 Å². The van der Waals surface area contributed by atoms with E-state index in [2.05, 4.69) is 53.5 Å². The van der Waals surface area contributed by atoms with Gasteiger partial charge in [0.05, 0.1) is 0 Å². The van der Waals surface area contributed by atoms with Gasteiger partial charge >= 0.3 is 0 Å². The molecule has 1 aromatic heterocycles. The van der Waals surface area contributed by atoms with Gasteiger partial charge in [0, 0.05) is 24.0 Å². The minimum Gasteiger partial charge on any atom is -0.319 e. The average Bonchev–Trinajstić information content (AvgIpc) is 2.96. The van der Waals surface area contributed by atoms with Crippen LogP contribution >= 0.6 is 11.3 Å². The van der Waals surface area contributed by atoms with Crippen LogP contribution in [0.2, 0.25) is 0 Å². The molecule has 4 nitrogen and oxygen atoms in total. The van der Waals surface area contributed by atoms with Crippen LogP contribution in [0.5, 0.6) is 0 Å². The lowest BCUT2D eigenvalue weighted by atomic mass is 10.2. The summed E-state index contributed by atoms with van der Waals surface area (Å²) in [5.41, 5.74) is -0.233. The van der Waals surface area contributed by atoms with Crippen LogP contribution in [-0.4, -0.2) is 47.4 Å². The van der Waals surface area contributed by atoms with Crippen LogP contribution in [0, 0.1) is 0 Å². The van der Waals surface area contributed by atoms with Gasteiger partial charge in [0.15, 0.2) is 0 Å². The van der Waals surface area contributed by atoms with Gasteiger partial charge in [-0.2, -0.15) is 0 Å². The van der Waals surface area contributed by atoms with E-state index in [9.17, 15) is 4.79 Å². The van der Waals surface area contributed by atoms with Crippen molar-refractivity contribution in [3.63, 3.8) is 0 Å². The number of likely N-dealkylation sites (N-methyl/N-ethyl adjacent to an activating group) is 1. The second-order valence-electron chi connectivity index (χ2n) is 6.38. The summed E-state index contributed by atoms with van der Waals surface area (Å²) in [5, 5.41) is 5.66. The van der Waals surface area contributed by atoms with Crippen LogP contribution in [0.4, 0.5) is 0 Å². The van der Waals surface area contributed by atoms with E-state index >= 15 is 0 Å². The summed E-state index contributed by atoms with van der Waals surface area (Å²) in [6.07, 6.45) is 3.20. The summed E-state index contributed by atoms with van der Waals surface area (Å²) in [6, 6.07) is 4.75. The zero-order valence-corrected chi connectivity index (χ0v) is 13.9. The van der Waals surface area contributed by atoms with Gasteiger partial charge < -0.3 is 9.80 Å². The monoisotopic (exact) mass is 307 g/mol. The van der Waals surface area contributed by atoms with E-state index < -0.39 is 0 Å². The van der Waals surface area contributed by atoms with E-state index in [1.165, 1.54) is 4.88 Å². The van der Waals surface area contributed by atoms with Crippen LogP contribution in [0.15, 0.2) is 17.5 Å². The summed E-state index contributed by atoms with van der Waals surface area (Å²) in [4.78, 5) is 18.3. The number of nitrogens with zero attached hydrogens (tertiary/aromatic N) is 2. The fourth-order valence-corrected chi connectivity index (χ4v) is 3.76. The highest BCUT2D eigenvalue weighted by molar-refractivity contribution is 7.10. The number of rotatable bonds is 6. The molecule has 3 rings (SSSR count). The molecule has 1 spiro atoms. The van der Waals surface area contributed by atoms with E-state index in [4.69, 9.17) is 0 Å². The normalized spacial score (nSPS) is 25.0. The third-order valence-electron chi connectivity index (χ3n) is 4.99. The second-order valence-corrected chi connectivity index (χ2v) is 7.36. The molecule has 1 N–H and O–H groups in total. The topological polar surface area (TPSA) is 35.6 Å². The Balaban J connectivity index is 1.70. The van der Waals surface area contributed by atoms with Gasteiger partial charge in [-0.3, -0.25) is 10.1 Å². The quantitative estimate of drug-likeness (QED) is 0.877. The molecule has 116 valence electrons. The predicted molar refractivity (Wildman–Crippen MR) is 86.3 cm³/mol. The average molecular weight is 307 g/mol. The fourth-order valence-electron chi connectivity index (χ4n) is 2.98. The van der Waals surface area contributed by atoms with Gasteiger partial charge in [-0.1, -0.05) is 13.0 Å². The lowest BCUT2D eigenvalue weighted by molar-refractivity contribution is -0.131. The fraction of sp³-hybridized carbons (Fsp3) is 0.688. The molecular formula is C16H25N3OS. The maximum Gasteiger partial charge on any atom is 0.244 e. The van der Waals surface area contributed by atoms with Gasteiger partial charge in [0.1, 0.15) is 11.7 Å². The van der Waals surface area contributed by atoms with Gasteiger partial charge in [-0.15, -0.1) is 11.3 Å². The van der Waals surface area contributed by atoms with E-state index in [1.54, 1.807) is 11.3 Å². The Morgan fingerprint density at radius 3 is 2.90 bits per heavy atom. The first-order valence-electron chi connectivity index (χ1n) is 7.90. The molecular weight excluding hydrogens is 282 g/mol. The molecule has 1 aliphatic heterocycles. The number of thiophene rings is 1. The predicted octanol–water partition coefficient (Wildman–Crippen LogP) is 2.44. The van der Waals surface area contributed by atoms with E-state index in [0.717, 1.165) is 32.4 Å². The summed E-state index contributed by atoms with van der Waals surface area (Å²) < 4.78 is 0. The Morgan fingerprint density at radius 2 is 2.33 bits per heavy atom. The molecule has 21 heavy (non-hydrogen) atoms. The first-order chi connectivity index (χ1) is 10.1. The molecule has 5 heteroatoms. The van der Waals surface area contributed by atoms with Crippen molar-refractivity contribution >= 4 is 17.2 Å². The van der Waals surface area contributed by atoms with E-state index in [0.29, 0.717) is 11.9 Å². The number of hydrogen-bond acceptors (Lipinski definition) is 4. The second kappa shape index (κ2) is 5.71. The third kappa shape index (κ3) is 2.74. The highest BCUT2D eigenvalue weighted by Crippen LogP contribution is 2.46.